The third-order valence-corrected chi connectivity index (χ3v) is 3.66. The molecule has 1 N–H and O–H groups in total. The molecule has 1 heterocycles. The summed E-state index contributed by atoms with van der Waals surface area (Å²) in [7, 11) is 0. The first-order valence-electron chi connectivity index (χ1n) is 6.15. The van der Waals surface area contributed by atoms with Gasteiger partial charge in [-0.3, -0.25) is 9.59 Å². The first-order valence-corrected chi connectivity index (χ1v) is 7.03. The molecule has 4 nitrogen and oxygen atoms in total. The van der Waals surface area contributed by atoms with Crippen molar-refractivity contribution in [2.24, 2.45) is 0 Å². The van der Waals surface area contributed by atoms with E-state index in [1.54, 1.807) is 16.2 Å². The molecule has 0 radical (unpaired) electrons. The lowest BCUT2D eigenvalue weighted by Crippen LogP contribution is -2.32. The Labute approximate surface area is 111 Å². The van der Waals surface area contributed by atoms with Crippen molar-refractivity contribution in [1.29, 1.82) is 0 Å². The predicted molar refractivity (Wildman–Crippen MR) is 71.8 cm³/mol. The first-order chi connectivity index (χ1) is 8.63. The Hall–Kier alpha value is -1.36. The summed E-state index contributed by atoms with van der Waals surface area (Å²) in [6, 6.07) is 4.07. The van der Waals surface area contributed by atoms with Crippen molar-refractivity contribution in [3.05, 3.63) is 22.4 Å². The Morgan fingerprint density at radius 1 is 1.39 bits per heavy atom. The van der Waals surface area contributed by atoms with Crippen molar-refractivity contribution in [3.63, 3.8) is 0 Å². The van der Waals surface area contributed by atoms with Crippen LogP contribution in [-0.2, 0) is 16.0 Å². The molecule has 1 aromatic rings. The van der Waals surface area contributed by atoms with Gasteiger partial charge in [-0.1, -0.05) is 6.07 Å². The van der Waals surface area contributed by atoms with Crippen LogP contribution in [0.5, 0.6) is 0 Å². The molecule has 0 saturated heterocycles. The fraction of sp³-hybridized carbons (Fsp3) is 0.538. The average molecular weight is 269 g/mol. The molecule has 0 aliphatic carbocycles. The fourth-order valence-electron chi connectivity index (χ4n) is 1.72. The molecular weight excluding hydrogens is 250 g/mol. The monoisotopic (exact) mass is 269 g/mol. The van der Waals surface area contributed by atoms with Gasteiger partial charge in [0, 0.05) is 24.4 Å². The minimum absolute atomic E-state index is 0.0184. The van der Waals surface area contributed by atoms with Gasteiger partial charge in [0.25, 0.3) is 0 Å². The zero-order valence-electron chi connectivity index (χ0n) is 10.6. The van der Waals surface area contributed by atoms with E-state index in [0.29, 0.717) is 19.5 Å². The summed E-state index contributed by atoms with van der Waals surface area (Å²) in [6.45, 7) is 2.76. The second-order valence-corrected chi connectivity index (χ2v) is 5.08. The van der Waals surface area contributed by atoms with Gasteiger partial charge in [0.05, 0.1) is 6.42 Å². The highest BCUT2D eigenvalue weighted by molar-refractivity contribution is 7.09. The normalized spacial score (nSPS) is 10.3. The van der Waals surface area contributed by atoms with Gasteiger partial charge in [-0.2, -0.15) is 0 Å². The van der Waals surface area contributed by atoms with Gasteiger partial charge < -0.3 is 10.0 Å². The molecule has 100 valence electrons. The van der Waals surface area contributed by atoms with Gasteiger partial charge in [0.2, 0.25) is 5.91 Å². The van der Waals surface area contributed by atoms with E-state index in [0.717, 1.165) is 12.8 Å². The van der Waals surface area contributed by atoms with Crippen LogP contribution in [0.2, 0.25) is 0 Å². The van der Waals surface area contributed by atoms with E-state index in [9.17, 15) is 9.59 Å². The number of carboxylic acids is 1. The zero-order chi connectivity index (χ0) is 13.4. The molecule has 0 aliphatic rings. The molecule has 1 aromatic heterocycles. The Bertz CT molecular complexity index is 376. The lowest BCUT2D eigenvalue weighted by molar-refractivity contribution is -0.138. The number of aliphatic carboxylic acids is 1. The molecule has 0 saturated carbocycles. The standard InChI is InChI=1S/C13H19NO3S/c1-2-14(9-8-13(16)17)12(15)7-3-5-11-6-4-10-18-11/h4,6,10H,2-3,5,7-9H2,1H3,(H,16,17). The minimum Gasteiger partial charge on any atom is -0.481 e. The van der Waals surface area contributed by atoms with Crippen molar-refractivity contribution in [1.82, 2.24) is 4.90 Å². The summed E-state index contributed by atoms with van der Waals surface area (Å²) in [5.74, 6) is -0.810. The van der Waals surface area contributed by atoms with Crippen molar-refractivity contribution >= 4 is 23.2 Å². The molecule has 5 heteroatoms. The van der Waals surface area contributed by atoms with E-state index < -0.39 is 5.97 Å². The van der Waals surface area contributed by atoms with Crippen LogP contribution in [0.15, 0.2) is 17.5 Å². The van der Waals surface area contributed by atoms with Crippen LogP contribution in [0.25, 0.3) is 0 Å². The molecule has 0 fully saturated rings. The second kappa shape index (κ2) is 7.87. The van der Waals surface area contributed by atoms with E-state index in [-0.39, 0.29) is 12.3 Å². The van der Waals surface area contributed by atoms with Crippen LogP contribution in [-0.4, -0.2) is 35.0 Å². The Balaban J connectivity index is 2.26. The van der Waals surface area contributed by atoms with Crippen molar-refractivity contribution in [2.45, 2.75) is 32.6 Å². The fourth-order valence-corrected chi connectivity index (χ4v) is 2.47. The molecule has 0 spiro atoms. The summed E-state index contributed by atoms with van der Waals surface area (Å²) in [5, 5.41) is 10.6. The van der Waals surface area contributed by atoms with Gasteiger partial charge in [0.1, 0.15) is 0 Å². The summed E-state index contributed by atoms with van der Waals surface area (Å²) in [5.41, 5.74) is 0. The maximum Gasteiger partial charge on any atom is 0.305 e. The summed E-state index contributed by atoms with van der Waals surface area (Å²) in [4.78, 5) is 25.2. The number of nitrogens with zero attached hydrogens (tertiary/aromatic N) is 1. The molecule has 0 aliphatic heterocycles. The minimum atomic E-state index is -0.861. The van der Waals surface area contributed by atoms with Crippen molar-refractivity contribution in [3.8, 4) is 0 Å². The molecule has 18 heavy (non-hydrogen) atoms. The predicted octanol–water partition coefficient (Wildman–Crippen LogP) is 2.39. The summed E-state index contributed by atoms with van der Waals surface area (Å²) < 4.78 is 0. The molecule has 0 bridgehead atoms. The largest absolute Gasteiger partial charge is 0.481 e. The van der Waals surface area contributed by atoms with Crippen LogP contribution < -0.4 is 0 Å². The smallest absolute Gasteiger partial charge is 0.305 e. The third kappa shape index (κ3) is 5.31. The molecule has 1 rings (SSSR count). The Kier molecular flexibility index (Phi) is 6.43. The van der Waals surface area contributed by atoms with E-state index in [4.69, 9.17) is 5.11 Å². The van der Waals surface area contributed by atoms with Crippen molar-refractivity contribution < 1.29 is 14.7 Å². The highest BCUT2D eigenvalue weighted by atomic mass is 32.1. The van der Waals surface area contributed by atoms with E-state index in [2.05, 4.69) is 6.07 Å². The number of amides is 1. The van der Waals surface area contributed by atoms with Crippen LogP contribution >= 0.6 is 11.3 Å². The highest BCUT2D eigenvalue weighted by Crippen LogP contribution is 2.12. The summed E-state index contributed by atoms with van der Waals surface area (Å²) >= 11 is 1.70. The molecule has 0 unspecified atom stereocenters. The molecule has 1 amide bonds. The van der Waals surface area contributed by atoms with E-state index >= 15 is 0 Å². The first kappa shape index (κ1) is 14.7. The van der Waals surface area contributed by atoms with Crippen LogP contribution in [0, 0.1) is 0 Å². The van der Waals surface area contributed by atoms with Gasteiger partial charge in [-0.15, -0.1) is 11.3 Å². The number of carbonyl (C=O) groups is 2. The zero-order valence-corrected chi connectivity index (χ0v) is 11.4. The van der Waals surface area contributed by atoms with Gasteiger partial charge >= 0.3 is 5.97 Å². The van der Waals surface area contributed by atoms with Crippen LogP contribution in [0.4, 0.5) is 0 Å². The second-order valence-electron chi connectivity index (χ2n) is 4.05. The number of aryl methyl sites for hydroxylation is 1. The quantitative estimate of drug-likeness (QED) is 0.788. The Morgan fingerprint density at radius 3 is 2.72 bits per heavy atom. The number of rotatable bonds is 8. The molecule has 0 atom stereocenters. The number of thiophene rings is 1. The van der Waals surface area contributed by atoms with Crippen LogP contribution in [0.1, 0.15) is 31.1 Å². The maximum absolute atomic E-state index is 11.9. The van der Waals surface area contributed by atoms with Gasteiger partial charge in [-0.05, 0) is 31.2 Å². The molecular formula is C13H19NO3S. The highest BCUT2D eigenvalue weighted by Gasteiger charge is 2.12. The van der Waals surface area contributed by atoms with Gasteiger partial charge in [0.15, 0.2) is 0 Å². The topological polar surface area (TPSA) is 57.6 Å². The summed E-state index contributed by atoms with van der Waals surface area (Å²) in [6.07, 6.45) is 2.25. The average Bonchev–Trinajstić information content (AvgIpc) is 2.82. The lowest BCUT2D eigenvalue weighted by atomic mass is 10.2. The molecule has 0 aromatic carbocycles. The maximum atomic E-state index is 11.9. The third-order valence-electron chi connectivity index (χ3n) is 2.72. The van der Waals surface area contributed by atoms with Crippen LogP contribution in [0.3, 0.4) is 0 Å². The van der Waals surface area contributed by atoms with E-state index in [1.807, 2.05) is 18.4 Å². The lowest BCUT2D eigenvalue weighted by Gasteiger charge is -2.19. The number of hydrogen-bond donors (Lipinski definition) is 1. The number of carboxylic acid groups (broad SMARTS) is 1. The number of hydrogen-bond acceptors (Lipinski definition) is 3. The van der Waals surface area contributed by atoms with E-state index in [1.165, 1.54) is 4.88 Å². The Morgan fingerprint density at radius 2 is 2.17 bits per heavy atom. The van der Waals surface area contributed by atoms with Crippen molar-refractivity contribution in [2.75, 3.05) is 13.1 Å². The SMILES string of the molecule is CCN(CCC(=O)O)C(=O)CCCc1cccs1. The van der Waals surface area contributed by atoms with Gasteiger partial charge in [-0.25, -0.2) is 0 Å². The number of carbonyl (C=O) groups excluding carboxylic acids is 1.